The van der Waals surface area contributed by atoms with Gasteiger partial charge >= 0.3 is 0 Å². The molecular formula is C31H36FN3O4S. The van der Waals surface area contributed by atoms with Gasteiger partial charge in [-0.05, 0) is 67.6 Å². The Hall–Kier alpha value is -3.72. The van der Waals surface area contributed by atoms with Gasteiger partial charge in [0, 0.05) is 12.6 Å². The molecule has 0 aromatic heterocycles. The Morgan fingerprint density at radius 2 is 1.52 bits per heavy atom. The predicted octanol–water partition coefficient (Wildman–Crippen LogP) is 4.93. The summed E-state index contributed by atoms with van der Waals surface area (Å²) in [4.78, 5) is 28.9. The van der Waals surface area contributed by atoms with Crippen molar-refractivity contribution in [1.82, 2.24) is 10.2 Å². The van der Waals surface area contributed by atoms with Gasteiger partial charge in [0.1, 0.15) is 18.4 Å². The summed E-state index contributed by atoms with van der Waals surface area (Å²) < 4.78 is 42.2. The maximum Gasteiger partial charge on any atom is 0.264 e. The van der Waals surface area contributed by atoms with E-state index in [4.69, 9.17) is 0 Å². The zero-order valence-corrected chi connectivity index (χ0v) is 23.5. The summed E-state index contributed by atoms with van der Waals surface area (Å²) in [7, 11) is -4.17. The Bertz CT molecular complexity index is 1360. The molecule has 1 N–H and O–H groups in total. The molecular weight excluding hydrogens is 529 g/mol. The van der Waals surface area contributed by atoms with E-state index in [2.05, 4.69) is 5.32 Å². The molecule has 0 saturated heterocycles. The van der Waals surface area contributed by atoms with Gasteiger partial charge in [-0.1, -0.05) is 68.3 Å². The van der Waals surface area contributed by atoms with E-state index < -0.39 is 34.3 Å². The van der Waals surface area contributed by atoms with Crippen LogP contribution in [0.15, 0.2) is 89.8 Å². The van der Waals surface area contributed by atoms with Crippen LogP contribution in [0.4, 0.5) is 10.1 Å². The molecule has 40 heavy (non-hydrogen) atoms. The highest BCUT2D eigenvalue weighted by molar-refractivity contribution is 7.92. The molecule has 0 spiro atoms. The number of rotatable bonds is 12. The first-order valence-electron chi connectivity index (χ1n) is 13.8. The first kappa shape index (κ1) is 29.3. The number of nitrogens with one attached hydrogen (secondary N) is 1. The van der Waals surface area contributed by atoms with Gasteiger partial charge in [0.2, 0.25) is 11.8 Å². The van der Waals surface area contributed by atoms with Crippen LogP contribution in [-0.2, 0) is 26.0 Å². The summed E-state index contributed by atoms with van der Waals surface area (Å²) >= 11 is 0. The zero-order chi connectivity index (χ0) is 28.5. The molecule has 4 rings (SSSR count). The second-order valence-corrected chi connectivity index (χ2v) is 11.9. The van der Waals surface area contributed by atoms with Crippen LogP contribution in [-0.4, -0.2) is 50.3 Å². The summed E-state index contributed by atoms with van der Waals surface area (Å²) in [5, 5.41) is 3.10. The minimum atomic E-state index is -4.17. The molecule has 3 aromatic carbocycles. The van der Waals surface area contributed by atoms with Gasteiger partial charge in [-0.3, -0.25) is 13.9 Å². The molecule has 2 amide bonds. The normalized spacial score (nSPS) is 14.4. The third kappa shape index (κ3) is 7.27. The fourth-order valence-corrected chi connectivity index (χ4v) is 6.55. The van der Waals surface area contributed by atoms with Gasteiger partial charge in [0.25, 0.3) is 10.0 Å². The summed E-state index contributed by atoms with van der Waals surface area (Å²) in [5.41, 5.74) is 1.16. The largest absolute Gasteiger partial charge is 0.352 e. The molecule has 1 fully saturated rings. The molecule has 0 radical (unpaired) electrons. The molecule has 212 valence electrons. The van der Waals surface area contributed by atoms with Crippen LogP contribution in [0.2, 0.25) is 0 Å². The molecule has 0 heterocycles. The number of hydrogen-bond acceptors (Lipinski definition) is 4. The quantitative estimate of drug-likeness (QED) is 0.338. The number of carbonyl (C=O) groups is 2. The smallest absolute Gasteiger partial charge is 0.264 e. The van der Waals surface area contributed by atoms with Gasteiger partial charge in [0.05, 0.1) is 10.6 Å². The Balaban J connectivity index is 1.65. The third-order valence-corrected chi connectivity index (χ3v) is 9.08. The lowest BCUT2D eigenvalue weighted by Gasteiger charge is -2.33. The highest BCUT2D eigenvalue weighted by Gasteiger charge is 2.34. The fraction of sp³-hybridized carbons (Fsp3) is 0.355. The summed E-state index contributed by atoms with van der Waals surface area (Å²) in [6.07, 6.45) is 4.81. The Kier molecular flexibility index (Phi) is 9.93. The summed E-state index contributed by atoms with van der Waals surface area (Å²) in [6, 6.07) is 21.8. The Morgan fingerprint density at radius 3 is 2.12 bits per heavy atom. The average molecular weight is 566 g/mol. The van der Waals surface area contributed by atoms with Gasteiger partial charge in [-0.2, -0.15) is 0 Å². The topological polar surface area (TPSA) is 86.8 Å². The van der Waals surface area contributed by atoms with Crippen LogP contribution in [0.3, 0.4) is 0 Å². The Morgan fingerprint density at radius 1 is 0.925 bits per heavy atom. The van der Waals surface area contributed by atoms with Crippen molar-refractivity contribution in [2.75, 3.05) is 17.4 Å². The molecule has 0 aliphatic heterocycles. The molecule has 1 aliphatic rings. The highest BCUT2D eigenvalue weighted by Crippen LogP contribution is 2.25. The predicted molar refractivity (Wildman–Crippen MR) is 154 cm³/mol. The molecule has 1 atom stereocenters. The lowest BCUT2D eigenvalue weighted by atomic mass is 10.1. The number of anilines is 1. The van der Waals surface area contributed by atoms with Crippen molar-refractivity contribution in [3.63, 3.8) is 0 Å². The lowest BCUT2D eigenvalue weighted by molar-refractivity contribution is -0.139. The van der Waals surface area contributed by atoms with Crippen LogP contribution in [0.25, 0.3) is 0 Å². The van der Waals surface area contributed by atoms with Crippen molar-refractivity contribution in [2.45, 2.75) is 62.4 Å². The molecule has 9 heteroatoms. The number of hydrogen-bond donors (Lipinski definition) is 1. The highest BCUT2D eigenvalue weighted by atomic mass is 32.2. The minimum absolute atomic E-state index is 0.00831. The van der Waals surface area contributed by atoms with Gasteiger partial charge in [-0.25, -0.2) is 12.8 Å². The van der Waals surface area contributed by atoms with Gasteiger partial charge in [-0.15, -0.1) is 0 Å². The fourth-order valence-electron chi connectivity index (χ4n) is 5.12. The van der Waals surface area contributed by atoms with Crippen LogP contribution in [0.5, 0.6) is 0 Å². The van der Waals surface area contributed by atoms with Crippen molar-refractivity contribution in [2.24, 2.45) is 0 Å². The van der Waals surface area contributed by atoms with E-state index in [0.29, 0.717) is 12.8 Å². The average Bonchev–Trinajstić information content (AvgIpc) is 3.48. The third-order valence-electron chi connectivity index (χ3n) is 7.30. The van der Waals surface area contributed by atoms with Crippen molar-refractivity contribution < 1.29 is 22.4 Å². The van der Waals surface area contributed by atoms with E-state index >= 15 is 0 Å². The molecule has 1 aliphatic carbocycles. The molecule has 7 nitrogen and oxygen atoms in total. The van der Waals surface area contributed by atoms with Crippen molar-refractivity contribution in [1.29, 1.82) is 0 Å². The number of amides is 2. The zero-order valence-electron chi connectivity index (χ0n) is 22.7. The van der Waals surface area contributed by atoms with E-state index in [0.717, 1.165) is 47.7 Å². The van der Waals surface area contributed by atoms with E-state index in [1.807, 2.05) is 37.3 Å². The van der Waals surface area contributed by atoms with Crippen LogP contribution in [0.1, 0.15) is 44.6 Å². The summed E-state index contributed by atoms with van der Waals surface area (Å²) in [5.74, 6) is -1.26. The second-order valence-electron chi connectivity index (χ2n) is 10.0. The summed E-state index contributed by atoms with van der Waals surface area (Å²) in [6.45, 7) is 1.55. The van der Waals surface area contributed by atoms with Crippen LogP contribution in [0, 0.1) is 5.82 Å². The molecule has 1 unspecified atom stereocenters. The van der Waals surface area contributed by atoms with Crippen LogP contribution >= 0.6 is 0 Å². The van der Waals surface area contributed by atoms with Gasteiger partial charge in [0.15, 0.2) is 0 Å². The van der Waals surface area contributed by atoms with Crippen LogP contribution < -0.4 is 9.62 Å². The lowest BCUT2D eigenvalue weighted by Crippen LogP contribution is -2.54. The monoisotopic (exact) mass is 565 g/mol. The SMILES string of the molecule is CCC(C(=O)NC1CCCC1)N(CCc1ccccc1)C(=O)CN(c1ccc(F)cc1)S(=O)(=O)c1ccccc1. The number of sulfonamides is 1. The standard InChI is InChI=1S/C31H36FN3O4S/c1-2-29(31(37)33-26-13-9-10-14-26)34(22-21-24-11-5-3-6-12-24)30(36)23-35(27-19-17-25(32)18-20-27)40(38,39)28-15-7-4-8-16-28/h3-8,11-12,15-20,26,29H,2,9-10,13-14,21-23H2,1H3,(H,33,37). The minimum Gasteiger partial charge on any atom is -0.352 e. The van der Waals surface area contributed by atoms with E-state index in [1.165, 1.54) is 29.2 Å². The molecule has 1 saturated carbocycles. The number of benzene rings is 3. The van der Waals surface area contributed by atoms with E-state index in [9.17, 15) is 22.4 Å². The second kappa shape index (κ2) is 13.6. The first-order chi connectivity index (χ1) is 19.3. The van der Waals surface area contributed by atoms with Crippen molar-refractivity contribution in [3.05, 3.63) is 96.3 Å². The maximum atomic E-state index is 14.0. The van der Waals surface area contributed by atoms with Gasteiger partial charge < -0.3 is 10.2 Å². The maximum absolute atomic E-state index is 14.0. The van der Waals surface area contributed by atoms with Crippen molar-refractivity contribution in [3.8, 4) is 0 Å². The van der Waals surface area contributed by atoms with Crippen molar-refractivity contribution >= 4 is 27.5 Å². The molecule has 0 bridgehead atoms. The number of carbonyl (C=O) groups excluding carboxylic acids is 2. The first-order valence-corrected chi connectivity index (χ1v) is 15.2. The van der Waals surface area contributed by atoms with E-state index in [1.54, 1.807) is 18.2 Å². The number of nitrogens with zero attached hydrogens (tertiary/aromatic N) is 2. The molecule has 3 aromatic rings. The Labute approximate surface area is 236 Å². The number of halogens is 1. The van der Waals surface area contributed by atoms with E-state index in [-0.39, 0.29) is 29.1 Å².